The van der Waals surface area contributed by atoms with Crippen LogP contribution in [0, 0.1) is 5.92 Å². The fraction of sp³-hybridized carbons (Fsp3) is 0.385. The Morgan fingerprint density at radius 1 is 1.39 bits per heavy atom. The molecule has 0 bridgehead atoms. The van der Waals surface area contributed by atoms with E-state index in [1.54, 1.807) is 11.3 Å². The van der Waals surface area contributed by atoms with Crippen molar-refractivity contribution in [1.29, 1.82) is 0 Å². The van der Waals surface area contributed by atoms with E-state index in [4.69, 9.17) is 0 Å². The number of nitrogens with one attached hydrogen (secondary N) is 1. The van der Waals surface area contributed by atoms with Crippen LogP contribution in [0.25, 0.3) is 10.6 Å². The fourth-order valence-corrected chi connectivity index (χ4v) is 3.59. The van der Waals surface area contributed by atoms with E-state index in [1.807, 2.05) is 12.3 Å². The van der Waals surface area contributed by atoms with E-state index in [2.05, 4.69) is 43.3 Å². The monoisotopic (exact) mass is 323 g/mol. The second-order valence-electron chi connectivity index (χ2n) is 4.52. The summed E-state index contributed by atoms with van der Waals surface area (Å²) in [6.45, 7) is 2.22. The Morgan fingerprint density at radius 3 is 3.06 bits per heavy atom. The van der Waals surface area contributed by atoms with Crippen LogP contribution in [0.4, 0.5) is 0 Å². The first kappa shape index (κ1) is 12.3. The number of aromatic nitrogens is 2. The Kier molecular flexibility index (Phi) is 3.72. The number of hydrogen-bond donors (Lipinski definition) is 1. The van der Waals surface area contributed by atoms with Gasteiger partial charge < -0.3 is 5.32 Å². The molecule has 2 aromatic rings. The standard InChI is InChI=1S/C13H14BrN3S/c14-12-2-1-11(18-12)10-4-6-16-13(17-10)7-9-3-5-15-8-9/h1-2,4,6,9,15H,3,5,7-8H2. The summed E-state index contributed by atoms with van der Waals surface area (Å²) in [7, 11) is 0. The summed E-state index contributed by atoms with van der Waals surface area (Å²) in [4.78, 5) is 10.2. The first-order valence-electron chi connectivity index (χ1n) is 6.09. The van der Waals surface area contributed by atoms with E-state index in [1.165, 1.54) is 11.3 Å². The van der Waals surface area contributed by atoms with E-state index >= 15 is 0 Å². The highest BCUT2D eigenvalue weighted by Crippen LogP contribution is 2.30. The van der Waals surface area contributed by atoms with Crippen molar-refractivity contribution >= 4 is 27.3 Å². The molecule has 0 aliphatic carbocycles. The molecular formula is C13H14BrN3S. The molecule has 0 amide bonds. The summed E-state index contributed by atoms with van der Waals surface area (Å²) in [6, 6.07) is 6.13. The predicted molar refractivity (Wildman–Crippen MR) is 77.7 cm³/mol. The van der Waals surface area contributed by atoms with Crippen molar-refractivity contribution in [3.8, 4) is 10.6 Å². The minimum absolute atomic E-state index is 0.690. The van der Waals surface area contributed by atoms with Crippen molar-refractivity contribution in [2.45, 2.75) is 12.8 Å². The summed E-state index contributed by atoms with van der Waals surface area (Å²) in [5.41, 5.74) is 1.03. The average molecular weight is 324 g/mol. The molecule has 5 heteroatoms. The number of thiophene rings is 1. The maximum Gasteiger partial charge on any atom is 0.129 e. The van der Waals surface area contributed by atoms with Gasteiger partial charge in [-0.15, -0.1) is 11.3 Å². The van der Waals surface area contributed by atoms with E-state index in [9.17, 15) is 0 Å². The van der Waals surface area contributed by atoms with Crippen LogP contribution in [0.1, 0.15) is 12.2 Å². The summed E-state index contributed by atoms with van der Waals surface area (Å²) in [5.74, 6) is 1.65. The summed E-state index contributed by atoms with van der Waals surface area (Å²) in [6.07, 6.45) is 4.08. The Hall–Kier alpha value is -0.780. The molecule has 3 rings (SSSR count). The molecule has 1 saturated heterocycles. The third-order valence-electron chi connectivity index (χ3n) is 3.16. The molecule has 1 N–H and O–H groups in total. The van der Waals surface area contributed by atoms with Gasteiger partial charge in [-0.25, -0.2) is 9.97 Å². The van der Waals surface area contributed by atoms with E-state index in [0.717, 1.165) is 34.8 Å². The smallest absolute Gasteiger partial charge is 0.129 e. The largest absolute Gasteiger partial charge is 0.316 e. The molecule has 18 heavy (non-hydrogen) atoms. The quantitative estimate of drug-likeness (QED) is 0.943. The van der Waals surface area contributed by atoms with Crippen LogP contribution >= 0.6 is 27.3 Å². The van der Waals surface area contributed by atoms with Crippen LogP contribution in [0.2, 0.25) is 0 Å². The molecule has 94 valence electrons. The minimum atomic E-state index is 0.690. The molecule has 2 aromatic heterocycles. The predicted octanol–water partition coefficient (Wildman–Crippen LogP) is 3.12. The number of halogens is 1. The van der Waals surface area contributed by atoms with Gasteiger partial charge in [-0.2, -0.15) is 0 Å². The van der Waals surface area contributed by atoms with Crippen LogP contribution in [0.3, 0.4) is 0 Å². The van der Waals surface area contributed by atoms with Gasteiger partial charge in [-0.1, -0.05) is 0 Å². The molecule has 1 unspecified atom stereocenters. The lowest BCUT2D eigenvalue weighted by Crippen LogP contribution is -2.12. The van der Waals surface area contributed by atoms with Gasteiger partial charge in [-0.3, -0.25) is 0 Å². The van der Waals surface area contributed by atoms with Crippen molar-refractivity contribution in [1.82, 2.24) is 15.3 Å². The maximum absolute atomic E-state index is 4.67. The van der Waals surface area contributed by atoms with Crippen LogP contribution < -0.4 is 5.32 Å². The second-order valence-corrected chi connectivity index (χ2v) is 6.99. The van der Waals surface area contributed by atoms with Crippen LogP contribution in [0.5, 0.6) is 0 Å². The van der Waals surface area contributed by atoms with Gasteiger partial charge in [0.05, 0.1) is 14.4 Å². The molecule has 1 aliphatic heterocycles. The highest BCUT2D eigenvalue weighted by atomic mass is 79.9. The van der Waals surface area contributed by atoms with Crippen LogP contribution in [-0.2, 0) is 6.42 Å². The zero-order chi connectivity index (χ0) is 12.4. The number of hydrogen-bond acceptors (Lipinski definition) is 4. The van der Waals surface area contributed by atoms with Crippen molar-refractivity contribution in [3.63, 3.8) is 0 Å². The number of rotatable bonds is 3. The molecule has 1 fully saturated rings. The molecule has 0 aromatic carbocycles. The van der Waals surface area contributed by atoms with E-state index < -0.39 is 0 Å². The Morgan fingerprint density at radius 2 is 2.33 bits per heavy atom. The Bertz CT molecular complexity index is 535. The normalized spacial score (nSPS) is 19.3. The average Bonchev–Trinajstić information content (AvgIpc) is 3.01. The van der Waals surface area contributed by atoms with E-state index in [0.29, 0.717) is 5.92 Å². The topological polar surface area (TPSA) is 37.8 Å². The highest BCUT2D eigenvalue weighted by Gasteiger charge is 2.16. The lowest BCUT2D eigenvalue weighted by atomic mass is 10.0. The van der Waals surface area contributed by atoms with Crippen molar-refractivity contribution in [2.24, 2.45) is 5.92 Å². The first-order valence-corrected chi connectivity index (χ1v) is 7.70. The third kappa shape index (κ3) is 2.79. The Balaban J connectivity index is 1.80. The van der Waals surface area contributed by atoms with Gasteiger partial charge in [-0.05, 0) is 59.6 Å². The summed E-state index contributed by atoms with van der Waals surface area (Å²) >= 11 is 5.19. The van der Waals surface area contributed by atoms with Gasteiger partial charge in [0.25, 0.3) is 0 Å². The summed E-state index contributed by atoms with van der Waals surface area (Å²) in [5, 5.41) is 3.38. The van der Waals surface area contributed by atoms with Crippen molar-refractivity contribution in [2.75, 3.05) is 13.1 Å². The highest BCUT2D eigenvalue weighted by molar-refractivity contribution is 9.11. The van der Waals surface area contributed by atoms with Gasteiger partial charge in [0, 0.05) is 12.6 Å². The van der Waals surface area contributed by atoms with Gasteiger partial charge in [0.1, 0.15) is 5.82 Å². The van der Waals surface area contributed by atoms with E-state index in [-0.39, 0.29) is 0 Å². The zero-order valence-electron chi connectivity index (χ0n) is 9.90. The maximum atomic E-state index is 4.67. The number of nitrogens with zero attached hydrogens (tertiary/aromatic N) is 2. The van der Waals surface area contributed by atoms with Crippen molar-refractivity contribution < 1.29 is 0 Å². The molecule has 0 spiro atoms. The third-order valence-corrected chi connectivity index (χ3v) is 4.81. The minimum Gasteiger partial charge on any atom is -0.316 e. The lowest BCUT2D eigenvalue weighted by molar-refractivity contribution is 0.562. The zero-order valence-corrected chi connectivity index (χ0v) is 12.3. The molecule has 1 atom stereocenters. The van der Waals surface area contributed by atoms with Crippen molar-refractivity contribution in [3.05, 3.63) is 34.0 Å². The Labute approximate surface area is 119 Å². The van der Waals surface area contributed by atoms with Crippen LogP contribution in [-0.4, -0.2) is 23.1 Å². The molecule has 3 heterocycles. The second kappa shape index (κ2) is 5.47. The summed E-state index contributed by atoms with van der Waals surface area (Å²) < 4.78 is 1.14. The first-order chi connectivity index (χ1) is 8.81. The van der Waals surface area contributed by atoms with Gasteiger partial charge in [0.15, 0.2) is 0 Å². The lowest BCUT2D eigenvalue weighted by Gasteiger charge is -2.07. The van der Waals surface area contributed by atoms with Gasteiger partial charge in [0.2, 0.25) is 0 Å². The molecule has 0 saturated carbocycles. The SMILES string of the molecule is Brc1ccc(-c2ccnc(CC3CCNC3)n2)s1. The fourth-order valence-electron chi connectivity index (χ4n) is 2.23. The molecule has 1 aliphatic rings. The van der Waals surface area contributed by atoms with Crippen LogP contribution in [0.15, 0.2) is 28.2 Å². The molecular weight excluding hydrogens is 310 g/mol. The van der Waals surface area contributed by atoms with Gasteiger partial charge >= 0.3 is 0 Å². The molecule has 3 nitrogen and oxygen atoms in total. The molecule has 0 radical (unpaired) electrons.